The van der Waals surface area contributed by atoms with E-state index < -0.39 is 0 Å². The molecule has 0 saturated heterocycles. The van der Waals surface area contributed by atoms with Crippen molar-refractivity contribution in [2.45, 2.75) is 6.92 Å². The molecule has 2 rings (SSSR count). The summed E-state index contributed by atoms with van der Waals surface area (Å²) in [6, 6.07) is 12.1. The number of hydrogen-bond acceptors (Lipinski definition) is 1. The van der Waals surface area contributed by atoms with Gasteiger partial charge in [-0.3, -0.25) is 4.79 Å². The predicted molar refractivity (Wildman–Crippen MR) is 61.6 cm³/mol. The van der Waals surface area contributed by atoms with Crippen molar-refractivity contribution in [3.8, 4) is 11.8 Å². The fraction of sp³-hybridized carbons (Fsp3) is 0.0714. The van der Waals surface area contributed by atoms with Gasteiger partial charge in [-0.15, -0.1) is 0 Å². The number of aryl methyl sites for hydroxylation is 1. The molecule has 0 N–H and O–H groups in total. The average Bonchev–Trinajstić information content (AvgIpc) is 2.29. The van der Waals surface area contributed by atoms with Gasteiger partial charge in [0.25, 0.3) is 0 Å². The van der Waals surface area contributed by atoms with Gasteiger partial charge in [-0.1, -0.05) is 36.3 Å². The molecule has 72 valence electrons. The topological polar surface area (TPSA) is 17.1 Å². The lowest BCUT2D eigenvalue weighted by molar-refractivity contribution is -0.103. The van der Waals surface area contributed by atoms with Crippen LogP contribution in [-0.2, 0) is 4.79 Å². The molecule has 0 amide bonds. The summed E-state index contributed by atoms with van der Waals surface area (Å²) >= 11 is 0. The normalized spacial score (nSPS) is 9.40. The van der Waals surface area contributed by atoms with E-state index in [0.717, 1.165) is 10.9 Å². The molecular weight excluding hydrogens is 184 g/mol. The van der Waals surface area contributed by atoms with Gasteiger partial charge in [0.2, 0.25) is 0 Å². The van der Waals surface area contributed by atoms with E-state index in [0.29, 0.717) is 6.29 Å². The first-order valence-corrected chi connectivity index (χ1v) is 4.76. The van der Waals surface area contributed by atoms with E-state index in [1.807, 2.05) is 30.3 Å². The van der Waals surface area contributed by atoms with Crippen LogP contribution < -0.4 is 0 Å². The third-order valence-corrected chi connectivity index (χ3v) is 2.41. The van der Waals surface area contributed by atoms with Gasteiger partial charge < -0.3 is 0 Å². The van der Waals surface area contributed by atoms with E-state index in [9.17, 15) is 4.79 Å². The number of hydrogen-bond donors (Lipinski definition) is 0. The van der Waals surface area contributed by atoms with Crippen molar-refractivity contribution in [3.05, 3.63) is 47.5 Å². The highest BCUT2D eigenvalue weighted by Crippen LogP contribution is 2.21. The van der Waals surface area contributed by atoms with E-state index in [-0.39, 0.29) is 0 Å². The molecule has 1 nitrogen and oxygen atoms in total. The number of rotatable bonds is 0. The van der Waals surface area contributed by atoms with Crippen LogP contribution in [0.2, 0.25) is 0 Å². The van der Waals surface area contributed by atoms with Gasteiger partial charge in [0.1, 0.15) is 0 Å². The summed E-state index contributed by atoms with van der Waals surface area (Å²) in [6.07, 6.45) is 0.620. The van der Waals surface area contributed by atoms with Crippen LogP contribution in [0.25, 0.3) is 10.8 Å². The smallest absolute Gasteiger partial charge is 0.193 e. The Kier molecular flexibility index (Phi) is 2.51. The van der Waals surface area contributed by atoms with E-state index in [2.05, 4.69) is 24.8 Å². The van der Waals surface area contributed by atoms with Gasteiger partial charge in [-0.05, 0) is 35.2 Å². The monoisotopic (exact) mass is 194 g/mol. The number of carbonyl (C=O) groups excluding carboxylic acids is 1. The minimum atomic E-state index is 0.620. The molecule has 0 bridgehead atoms. The highest BCUT2D eigenvalue weighted by atomic mass is 16.1. The summed E-state index contributed by atoms with van der Waals surface area (Å²) in [5.41, 5.74) is 2.13. The summed E-state index contributed by atoms with van der Waals surface area (Å²) in [5, 5.41) is 2.29. The highest BCUT2D eigenvalue weighted by molar-refractivity contribution is 5.91. The zero-order valence-corrected chi connectivity index (χ0v) is 8.45. The van der Waals surface area contributed by atoms with Crippen molar-refractivity contribution in [2.75, 3.05) is 0 Å². The number of aldehydes is 1. The molecule has 2 aromatic rings. The molecule has 0 aliphatic carbocycles. The first-order valence-electron chi connectivity index (χ1n) is 4.76. The molecule has 1 heteroatoms. The van der Waals surface area contributed by atoms with Crippen LogP contribution >= 0.6 is 0 Å². The Bertz CT molecular complexity index is 571. The van der Waals surface area contributed by atoms with E-state index in [4.69, 9.17) is 0 Å². The number of benzene rings is 2. The Hall–Kier alpha value is -2.07. The molecule has 0 fully saturated rings. The highest BCUT2D eigenvalue weighted by Gasteiger charge is 1.99. The molecule has 0 saturated carbocycles. The molecule has 0 spiro atoms. The van der Waals surface area contributed by atoms with Crippen LogP contribution in [0.3, 0.4) is 0 Å². The SMILES string of the molecule is Cc1ccc(C#CC=O)c2ccccc12. The Labute approximate surface area is 88.7 Å². The van der Waals surface area contributed by atoms with E-state index >= 15 is 0 Å². The van der Waals surface area contributed by atoms with Crippen LogP contribution in [0.1, 0.15) is 11.1 Å². The minimum Gasteiger partial charge on any atom is -0.289 e. The van der Waals surface area contributed by atoms with Crippen molar-refractivity contribution in [3.63, 3.8) is 0 Å². The Balaban J connectivity index is 2.77. The van der Waals surface area contributed by atoms with Gasteiger partial charge in [0.15, 0.2) is 6.29 Å². The second-order valence-electron chi connectivity index (χ2n) is 3.36. The maximum atomic E-state index is 10.2. The van der Waals surface area contributed by atoms with Crippen LogP contribution in [0.5, 0.6) is 0 Å². The summed E-state index contributed by atoms with van der Waals surface area (Å²) in [5.74, 6) is 5.29. The molecule has 2 aromatic carbocycles. The summed E-state index contributed by atoms with van der Waals surface area (Å²) in [6.45, 7) is 2.07. The largest absolute Gasteiger partial charge is 0.289 e. The van der Waals surface area contributed by atoms with Gasteiger partial charge >= 0.3 is 0 Å². The summed E-state index contributed by atoms with van der Waals surface area (Å²) in [4.78, 5) is 10.2. The minimum absolute atomic E-state index is 0.620. The zero-order valence-electron chi connectivity index (χ0n) is 8.45. The lowest BCUT2D eigenvalue weighted by Gasteiger charge is -2.03. The molecule has 0 radical (unpaired) electrons. The summed E-state index contributed by atoms with van der Waals surface area (Å²) in [7, 11) is 0. The Morgan fingerprint density at radius 1 is 1.07 bits per heavy atom. The zero-order chi connectivity index (χ0) is 10.7. The lowest BCUT2D eigenvalue weighted by atomic mass is 10.0. The molecule has 15 heavy (non-hydrogen) atoms. The van der Waals surface area contributed by atoms with E-state index in [1.165, 1.54) is 10.9 Å². The van der Waals surface area contributed by atoms with Crippen LogP contribution in [0, 0.1) is 18.8 Å². The molecule has 0 aromatic heterocycles. The van der Waals surface area contributed by atoms with Crippen molar-refractivity contribution in [2.24, 2.45) is 0 Å². The van der Waals surface area contributed by atoms with Crippen molar-refractivity contribution >= 4 is 17.1 Å². The third-order valence-electron chi connectivity index (χ3n) is 2.41. The predicted octanol–water partition coefficient (Wildman–Crippen LogP) is 2.70. The third kappa shape index (κ3) is 1.75. The first kappa shape index (κ1) is 9.48. The van der Waals surface area contributed by atoms with Crippen molar-refractivity contribution < 1.29 is 4.79 Å². The van der Waals surface area contributed by atoms with Crippen LogP contribution in [0.15, 0.2) is 36.4 Å². The quantitative estimate of drug-likeness (QED) is 0.465. The standard InChI is InChI=1S/C14H10O/c1-11-8-9-12(5-4-10-15)14-7-3-2-6-13(11)14/h2-3,6-10H,1H3. The number of fused-ring (bicyclic) bond motifs is 1. The van der Waals surface area contributed by atoms with Crippen LogP contribution in [-0.4, -0.2) is 6.29 Å². The lowest BCUT2D eigenvalue weighted by Crippen LogP contribution is -1.83. The first-order chi connectivity index (χ1) is 7.33. The van der Waals surface area contributed by atoms with Gasteiger partial charge in [-0.25, -0.2) is 0 Å². The van der Waals surface area contributed by atoms with Gasteiger partial charge in [0, 0.05) is 5.56 Å². The average molecular weight is 194 g/mol. The molecule has 0 aliphatic heterocycles. The second-order valence-corrected chi connectivity index (χ2v) is 3.36. The van der Waals surface area contributed by atoms with Gasteiger partial charge in [0.05, 0.1) is 0 Å². The molecule has 0 unspecified atom stereocenters. The second kappa shape index (κ2) is 3.98. The molecule has 0 heterocycles. The van der Waals surface area contributed by atoms with E-state index in [1.54, 1.807) is 0 Å². The maximum Gasteiger partial charge on any atom is 0.193 e. The molecule has 0 atom stereocenters. The Morgan fingerprint density at radius 3 is 2.53 bits per heavy atom. The maximum absolute atomic E-state index is 10.2. The fourth-order valence-electron chi connectivity index (χ4n) is 1.67. The van der Waals surface area contributed by atoms with Gasteiger partial charge in [-0.2, -0.15) is 0 Å². The number of carbonyl (C=O) groups is 1. The van der Waals surface area contributed by atoms with Crippen LogP contribution in [0.4, 0.5) is 0 Å². The van der Waals surface area contributed by atoms with Crippen molar-refractivity contribution in [1.29, 1.82) is 0 Å². The van der Waals surface area contributed by atoms with Crippen molar-refractivity contribution in [1.82, 2.24) is 0 Å². The Morgan fingerprint density at radius 2 is 1.80 bits per heavy atom. The fourth-order valence-corrected chi connectivity index (χ4v) is 1.67. The molecule has 0 aliphatic rings. The summed E-state index contributed by atoms with van der Waals surface area (Å²) < 4.78 is 0. The molecular formula is C14H10O.